The third-order valence-corrected chi connectivity index (χ3v) is 5.08. The first-order chi connectivity index (χ1) is 12.6. The molecule has 0 radical (unpaired) electrons. The molecule has 138 valence electrons. The van der Waals surface area contributed by atoms with Crippen LogP contribution in [-0.2, 0) is 14.3 Å². The van der Waals surface area contributed by atoms with Gasteiger partial charge in [0.05, 0.1) is 6.61 Å². The molecule has 0 atom stereocenters. The fraction of sp³-hybridized carbons (Fsp3) is 0.381. The molecule has 1 saturated heterocycles. The van der Waals surface area contributed by atoms with E-state index in [-0.39, 0.29) is 5.91 Å². The van der Waals surface area contributed by atoms with Crippen LogP contribution in [0.3, 0.4) is 0 Å². The van der Waals surface area contributed by atoms with Crippen molar-refractivity contribution in [2.45, 2.75) is 26.2 Å². The maximum absolute atomic E-state index is 12.7. The first-order valence-electron chi connectivity index (χ1n) is 8.97. The highest BCUT2D eigenvalue weighted by molar-refractivity contribution is 9.10. The van der Waals surface area contributed by atoms with E-state index in [0.29, 0.717) is 24.5 Å². The molecule has 1 aromatic carbocycles. The maximum Gasteiger partial charge on any atom is 0.255 e. The van der Waals surface area contributed by atoms with Crippen LogP contribution < -0.4 is 5.32 Å². The minimum atomic E-state index is -0.130. The molecule has 1 amide bonds. The van der Waals surface area contributed by atoms with Crippen molar-refractivity contribution in [3.63, 3.8) is 0 Å². The molecule has 26 heavy (non-hydrogen) atoms. The summed E-state index contributed by atoms with van der Waals surface area (Å²) in [6.07, 6.45) is 10.4. The first kappa shape index (κ1) is 18.9. The van der Waals surface area contributed by atoms with Crippen LogP contribution >= 0.6 is 15.9 Å². The molecule has 1 N–H and O–H groups in total. The number of carbonyl (C=O) groups is 1. The van der Waals surface area contributed by atoms with E-state index in [9.17, 15) is 4.79 Å². The number of rotatable bonds is 5. The zero-order valence-corrected chi connectivity index (χ0v) is 16.6. The summed E-state index contributed by atoms with van der Waals surface area (Å²) in [5.74, 6) is 1.23. The van der Waals surface area contributed by atoms with Gasteiger partial charge in [-0.15, -0.1) is 0 Å². The van der Waals surface area contributed by atoms with Crippen LogP contribution in [0.5, 0.6) is 0 Å². The van der Waals surface area contributed by atoms with Gasteiger partial charge in [0.25, 0.3) is 5.91 Å². The third kappa shape index (κ3) is 5.32. The number of amides is 1. The van der Waals surface area contributed by atoms with Crippen molar-refractivity contribution in [3.8, 4) is 0 Å². The largest absolute Gasteiger partial charge is 0.497 e. The Hall–Kier alpha value is -1.85. The molecule has 5 heteroatoms. The van der Waals surface area contributed by atoms with E-state index in [0.717, 1.165) is 47.5 Å². The summed E-state index contributed by atoms with van der Waals surface area (Å²) in [6.45, 7) is 4.28. The van der Waals surface area contributed by atoms with Gasteiger partial charge in [-0.2, -0.15) is 0 Å². The molecule has 2 aliphatic rings. The summed E-state index contributed by atoms with van der Waals surface area (Å²) < 4.78 is 12.4. The van der Waals surface area contributed by atoms with Gasteiger partial charge < -0.3 is 14.8 Å². The van der Waals surface area contributed by atoms with Crippen molar-refractivity contribution < 1.29 is 14.3 Å². The quantitative estimate of drug-likeness (QED) is 0.739. The molecule has 1 aliphatic heterocycles. The van der Waals surface area contributed by atoms with Crippen LogP contribution in [0, 0.1) is 12.8 Å². The Morgan fingerprint density at radius 1 is 1.35 bits per heavy atom. The standard InChI is InChI=1S/C21H24BrNO3/c1-15-12-18(22)6-7-20(15)23-21(24)17-4-2-3-5-19(13-17)26-14-16-8-10-25-11-9-16/h2-4,6-7,12-13,16H,5,8-11,14H2,1H3,(H,23,24). The number of nitrogens with one attached hydrogen (secondary N) is 1. The highest BCUT2D eigenvalue weighted by atomic mass is 79.9. The smallest absolute Gasteiger partial charge is 0.255 e. The van der Waals surface area contributed by atoms with Crippen molar-refractivity contribution in [2.75, 3.05) is 25.1 Å². The van der Waals surface area contributed by atoms with Crippen molar-refractivity contribution in [1.29, 1.82) is 0 Å². The predicted molar refractivity (Wildman–Crippen MR) is 107 cm³/mol. The Morgan fingerprint density at radius 2 is 2.15 bits per heavy atom. The van der Waals surface area contributed by atoms with Gasteiger partial charge >= 0.3 is 0 Å². The summed E-state index contributed by atoms with van der Waals surface area (Å²) in [5.41, 5.74) is 2.42. The van der Waals surface area contributed by atoms with Crippen LogP contribution in [0.15, 0.2) is 58.3 Å². The van der Waals surface area contributed by atoms with Crippen LogP contribution in [0.1, 0.15) is 24.8 Å². The fourth-order valence-electron chi connectivity index (χ4n) is 2.98. The summed E-state index contributed by atoms with van der Waals surface area (Å²) >= 11 is 3.44. The van der Waals surface area contributed by atoms with Gasteiger partial charge in [-0.05, 0) is 61.6 Å². The van der Waals surface area contributed by atoms with Crippen molar-refractivity contribution in [2.24, 2.45) is 5.92 Å². The number of halogens is 1. The molecule has 0 bridgehead atoms. The van der Waals surface area contributed by atoms with Crippen LogP contribution in [0.4, 0.5) is 5.69 Å². The van der Waals surface area contributed by atoms with Crippen LogP contribution in [-0.4, -0.2) is 25.7 Å². The molecule has 1 aliphatic carbocycles. The van der Waals surface area contributed by atoms with Gasteiger partial charge in [0.15, 0.2) is 0 Å². The van der Waals surface area contributed by atoms with Crippen LogP contribution in [0.25, 0.3) is 0 Å². The normalized spacial score (nSPS) is 17.9. The molecule has 0 spiro atoms. The number of allylic oxidation sites excluding steroid dienone is 3. The van der Waals surface area contributed by atoms with Gasteiger partial charge in [-0.25, -0.2) is 0 Å². The van der Waals surface area contributed by atoms with Crippen molar-refractivity contribution in [1.82, 2.24) is 0 Å². The molecule has 1 heterocycles. The van der Waals surface area contributed by atoms with Gasteiger partial charge in [0, 0.05) is 35.4 Å². The Morgan fingerprint density at radius 3 is 2.92 bits per heavy atom. The Balaban J connectivity index is 1.64. The number of carbonyl (C=O) groups excluding carboxylic acids is 1. The number of aryl methyl sites for hydroxylation is 1. The van der Waals surface area contributed by atoms with E-state index in [4.69, 9.17) is 9.47 Å². The summed E-state index contributed by atoms with van der Waals surface area (Å²) in [7, 11) is 0. The van der Waals surface area contributed by atoms with E-state index in [2.05, 4.69) is 21.2 Å². The lowest BCUT2D eigenvalue weighted by atomic mass is 10.0. The van der Waals surface area contributed by atoms with Gasteiger partial charge in [0.2, 0.25) is 0 Å². The highest BCUT2D eigenvalue weighted by Crippen LogP contribution is 2.23. The summed E-state index contributed by atoms with van der Waals surface area (Å²) in [6, 6.07) is 5.80. The van der Waals surface area contributed by atoms with E-state index in [1.54, 1.807) is 0 Å². The van der Waals surface area contributed by atoms with E-state index in [1.807, 2.05) is 49.4 Å². The fourth-order valence-corrected chi connectivity index (χ4v) is 3.45. The summed E-state index contributed by atoms with van der Waals surface area (Å²) in [5, 5.41) is 2.98. The van der Waals surface area contributed by atoms with E-state index < -0.39 is 0 Å². The minimum absolute atomic E-state index is 0.130. The zero-order valence-electron chi connectivity index (χ0n) is 15.0. The molecular formula is C21H24BrNO3. The molecule has 1 aromatic rings. The van der Waals surface area contributed by atoms with E-state index >= 15 is 0 Å². The molecule has 4 nitrogen and oxygen atoms in total. The van der Waals surface area contributed by atoms with Gasteiger partial charge in [0.1, 0.15) is 5.76 Å². The highest BCUT2D eigenvalue weighted by Gasteiger charge is 2.16. The van der Waals surface area contributed by atoms with Crippen molar-refractivity contribution >= 4 is 27.5 Å². The average Bonchev–Trinajstić information content (AvgIpc) is 2.89. The monoisotopic (exact) mass is 417 g/mol. The first-order valence-corrected chi connectivity index (χ1v) is 9.76. The second-order valence-electron chi connectivity index (χ2n) is 6.65. The molecule has 0 saturated carbocycles. The maximum atomic E-state index is 12.7. The lowest BCUT2D eigenvalue weighted by Gasteiger charge is -2.22. The zero-order chi connectivity index (χ0) is 18.4. The van der Waals surface area contributed by atoms with Gasteiger partial charge in [-0.1, -0.05) is 28.1 Å². The van der Waals surface area contributed by atoms with E-state index in [1.165, 1.54) is 0 Å². The number of ether oxygens (including phenoxy) is 2. The second kappa shape index (κ2) is 9.19. The number of anilines is 1. The Bertz CT molecular complexity index is 746. The Labute approximate surface area is 163 Å². The molecule has 0 aromatic heterocycles. The minimum Gasteiger partial charge on any atom is -0.497 e. The second-order valence-corrected chi connectivity index (χ2v) is 7.56. The topological polar surface area (TPSA) is 47.6 Å². The van der Waals surface area contributed by atoms with Crippen LogP contribution in [0.2, 0.25) is 0 Å². The molecule has 0 unspecified atom stereocenters. The third-order valence-electron chi connectivity index (χ3n) is 4.59. The number of benzene rings is 1. The average molecular weight is 418 g/mol. The number of hydrogen-bond donors (Lipinski definition) is 1. The van der Waals surface area contributed by atoms with Gasteiger partial charge in [-0.3, -0.25) is 4.79 Å². The lowest BCUT2D eigenvalue weighted by Crippen LogP contribution is -2.20. The molecule has 3 rings (SSSR count). The number of hydrogen-bond acceptors (Lipinski definition) is 3. The van der Waals surface area contributed by atoms with Crippen molar-refractivity contribution in [3.05, 3.63) is 63.9 Å². The Kier molecular flexibility index (Phi) is 6.69. The summed E-state index contributed by atoms with van der Waals surface area (Å²) in [4.78, 5) is 12.7. The lowest BCUT2D eigenvalue weighted by molar-refractivity contribution is -0.112. The molecule has 1 fully saturated rings. The predicted octanol–water partition coefficient (Wildman–Crippen LogP) is 4.91. The molecular weight excluding hydrogens is 394 g/mol. The SMILES string of the molecule is Cc1cc(Br)ccc1NC(=O)C1=CC=CCC(OCC2CCOCC2)=C1.